The highest BCUT2D eigenvalue weighted by atomic mass is 127. The lowest BCUT2D eigenvalue weighted by molar-refractivity contribution is 0.117. The molecule has 0 aliphatic rings. The molecule has 0 aliphatic carbocycles. The van der Waals surface area contributed by atoms with Crippen molar-refractivity contribution in [1.29, 1.82) is 0 Å². The fraction of sp³-hybridized carbons (Fsp3) is 0.435. The lowest BCUT2D eigenvalue weighted by Crippen LogP contribution is -2.38. The van der Waals surface area contributed by atoms with Gasteiger partial charge in [0.25, 0.3) is 0 Å². The van der Waals surface area contributed by atoms with E-state index in [9.17, 15) is 8.42 Å². The van der Waals surface area contributed by atoms with Gasteiger partial charge in [0.15, 0.2) is 15.8 Å². The van der Waals surface area contributed by atoms with E-state index >= 15 is 0 Å². The quantitative estimate of drug-likeness (QED) is 0.179. The molecule has 0 spiro atoms. The first-order chi connectivity index (χ1) is 14.5. The van der Waals surface area contributed by atoms with Crippen molar-refractivity contribution in [3.8, 4) is 0 Å². The van der Waals surface area contributed by atoms with Crippen LogP contribution in [0.1, 0.15) is 30.9 Å². The smallest absolute Gasteiger partial charge is 0.191 e. The van der Waals surface area contributed by atoms with Crippen molar-refractivity contribution in [3.05, 3.63) is 65.7 Å². The van der Waals surface area contributed by atoms with E-state index in [-0.39, 0.29) is 24.0 Å². The lowest BCUT2D eigenvalue weighted by Gasteiger charge is -2.11. The van der Waals surface area contributed by atoms with E-state index in [1.165, 1.54) is 11.8 Å². The maximum absolute atomic E-state index is 11.5. The number of sulfone groups is 1. The van der Waals surface area contributed by atoms with Crippen LogP contribution >= 0.6 is 24.0 Å². The fourth-order valence-corrected chi connectivity index (χ4v) is 3.47. The topological polar surface area (TPSA) is 79.8 Å². The number of benzene rings is 2. The van der Waals surface area contributed by atoms with E-state index in [2.05, 4.69) is 27.8 Å². The van der Waals surface area contributed by atoms with Gasteiger partial charge in [-0.3, -0.25) is 4.99 Å². The standard InChI is InChI=1S/C23H33N3O3S.HI/c1-3-24-23(25-16-7-8-18-29-19-21-9-5-4-6-10-21)26-17-15-20-11-13-22(14-12-20)30(2,27)28;/h4-6,9-14H,3,7-8,15-19H2,1-2H3,(H2,24,25,26);1H. The van der Waals surface area contributed by atoms with Gasteiger partial charge >= 0.3 is 0 Å². The molecule has 0 aliphatic heterocycles. The summed E-state index contributed by atoms with van der Waals surface area (Å²) in [6, 6.07) is 17.2. The molecule has 172 valence electrons. The van der Waals surface area contributed by atoms with Gasteiger partial charge in [-0.25, -0.2) is 8.42 Å². The molecule has 2 aromatic carbocycles. The van der Waals surface area contributed by atoms with E-state index in [1.807, 2.05) is 37.3 Å². The fourth-order valence-electron chi connectivity index (χ4n) is 2.84. The molecule has 6 nitrogen and oxygen atoms in total. The molecule has 0 saturated heterocycles. The van der Waals surface area contributed by atoms with Crippen LogP contribution in [0.2, 0.25) is 0 Å². The molecule has 31 heavy (non-hydrogen) atoms. The number of guanidine groups is 1. The lowest BCUT2D eigenvalue weighted by atomic mass is 10.1. The number of nitrogens with one attached hydrogen (secondary N) is 2. The molecular weight excluding hydrogens is 525 g/mol. The van der Waals surface area contributed by atoms with Crippen molar-refractivity contribution in [1.82, 2.24) is 10.6 Å². The van der Waals surface area contributed by atoms with Gasteiger partial charge in [-0.2, -0.15) is 0 Å². The van der Waals surface area contributed by atoms with Crippen molar-refractivity contribution < 1.29 is 13.2 Å². The molecule has 0 amide bonds. The van der Waals surface area contributed by atoms with Gasteiger partial charge in [0.05, 0.1) is 11.5 Å². The van der Waals surface area contributed by atoms with Gasteiger partial charge in [-0.15, -0.1) is 24.0 Å². The second kappa shape index (κ2) is 15.2. The van der Waals surface area contributed by atoms with E-state index in [1.54, 1.807) is 12.1 Å². The van der Waals surface area contributed by atoms with Crippen LogP contribution in [-0.4, -0.2) is 46.9 Å². The Bertz CT molecular complexity index is 873. The predicted molar refractivity (Wildman–Crippen MR) is 138 cm³/mol. The molecule has 2 aromatic rings. The molecule has 2 N–H and O–H groups in total. The van der Waals surface area contributed by atoms with Crippen LogP contribution in [0.4, 0.5) is 0 Å². The van der Waals surface area contributed by atoms with Crippen LogP contribution in [0.15, 0.2) is 64.5 Å². The SMILES string of the molecule is CCNC(=NCCCCOCc1ccccc1)NCCc1ccc(S(C)(=O)=O)cc1.I. The number of nitrogens with zero attached hydrogens (tertiary/aromatic N) is 1. The monoisotopic (exact) mass is 559 g/mol. The number of halogens is 1. The minimum Gasteiger partial charge on any atom is -0.377 e. The molecule has 0 heterocycles. The summed E-state index contributed by atoms with van der Waals surface area (Å²) in [6.07, 6.45) is 3.96. The first-order valence-corrected chi connectivity index (χ1v) is 12.3. The first kappa shape index (κ1) is 27.4. The average molecular weight is 560 g/mol. The molecule has 0 aromatic heterocycles. The van der Waals surface area contributed by atoms with Crippen LogP contribution in [0.5, 0.6) is 0 Å². The van der Waals surface area contributed by atoms with Crippen molar-refractivity contribution in [3.63, 3.8) is 0 Å². The molecule has 0 unspecified atom stereocenters. The third-order valence-corrected chi connectivity index (χ3v) is 5.61. The Hall–Kier alpha value is -1.65. The highest BCUT2D eigenvalue weighted by Crippen LogP contribution is 2.10. The number of aliphatic imine (C=N–C) groups is 1. The summed E-state index contributed by atoms with van der Waals surface area (Å²) in [5.74, 6) is 0.801. The number of unbranched alkanes of at least 4 members (excludes halogenated alkanes) is 1. The summed E-state index contributed by atoms with van der Waals surface area (Å²) in [5, 5.41) is 6.58. The summed E-state index contributed by atoms with van der Waals surface area (Å²) in [7, 11) is -3.15. The van der Waals surface area contributed by atoms with Gasteiger partial charge in [-0.1, -0.05) is 42.5 Å². The zero-order chi connectivity index (χ0) is 21.7. The molecule has 0 atom stereocenters. The molecule has 0 bridgehead atoms. The number of hydrogen-bond donors (Lipinski definition) is 2. The Morgan fingerprint density at radius 1 is 0.968 bits per heavy atom. The summed E-state index contributed by atoms with van der Waals surface area (Å²) in [6.45, 7) is 5.70. The normalized spacial score (nSPS) is 11.6. The van der Waals surface area contributed by atoms with Crippen LogP contribution < -0.4 is 10.6 Å². The Morgan fingerprint density at radius 3 is 2.32 bits per heavy atom. The summed E-state index contributed by atoms with van der Waals surface area (Å²) >= 11 is 0. The predicted octanol–water partition coefficient (Wildman–Crippen LogP) is 3.80. The van der Waals surface area contributed by atoms with Crippen molar-refractivity contribution in [2.75, 3.05) is 32.5 Å². The number of hydrogen-bond acceptors (Lipinski definition) is 4. The zero-order valence-corrected chi connectivity index (χ0v) is 21.5. The Morgan fingerprint density at radius 2 is 1.68 bits per heavy atom. The third-order valence-electron chi connectivity index (χ3n) is 4.48. The van der Waals surface area contributed by atoms with Crippen LogP contribution in [-0.2, 0) is 27.6 Å². The molecular formula is C23H34IN3O3S. The van der Waals surface area contributed by atoms with Gasteiger partial charge in [-0.05, 0) is 49.4 Å². The molecule has 0 radical (unpaired) electrons. The van der Waals surface area contributed by atoms with Crippen molar-refractivity contribution in [2.45, 2.75) is 37.7 Å². The molecule has 0 fully saturated rings. The average Bonchev–Trinajstić information content (AvgIpc) is 2.73. The van der Waals surface area contributed by atoms with Crippen molar-refractivity contribution in [2.24, 2.45) is 4.99 Å². The summed E-state index contributed by atoms with van der Waals surface area (Å²) in [4.78, 5) is 4.96. The highest BCUT2D eigenvalue weighted by Gasteiger charge is 2.06. The van der Waals surface area contributed by atoms with Gasteiger partial charge < -0.3 is 15.4 Å². The largest absolute Gasteiger partial charge is 0.377 e. The summed E-state index contributed by atoms with van der Waals surface area (Å²) < 4.78 is 28.7. The first-order valence-electron chi connectivity index (χ1n) is 10.4. The Labute approximate surface area is 203 Å². The Kier molecular flexibility index (Phi) is 13.4. The van der Waals surface area contributed by atoms with Gasteiger partial charge in [0.2, 0.25) is 0 Å². The van der Waals surface area contributed by atoms with E-state index < -0.39 is 9.84 Å². The second-order valence-corrected chi connectivity index (χ2v) is 9.11. The maximum Gasteiger partial charge on any atom is 0.191 e. The van der Waals surface area contributed by atoms with Crippen LogP contribution in [0.25, 0.3) is 0 Å². The Balaban J connectivity index is 0.00000480. The molecule has 8 heteroatoms. The van der Waals surface area contributed by atoms with Crippen LogP contribution in [0.3, 0.4) is 0 Å². The van der Waals surface area contributed by atoms with Gasteiger partial charge in [0.1, 0.15) is 0 Å². The van der Waals surface area contributed by atoms with E-state index in [4.69, 9.17) is 4.74 Å². The van der Waals surface area contributed by atoms with Crippen molar-refractivity contribution >= 4 is 39.8 Å². The number of ether oxygens (including phenoxy) is 1. The van der Waals surface area contributed by atoms with Gasteiger partial charge in [0, 0.05) is 32.5 Å². The molecule has 0 saturated carbocycles. The second-order valence-electron chi connectivity index (χ2n) is 7.10. The molecule has 2 rings (SSSR count). The maximum atomic E-state index is 11.5. The van der Waals surface area contributed by atoms with E-state index in [0.29, 0.717) is 11.5 Å². The zero-order valence-electron chi connectivity index (χ0n) is 18.3. The van der Waals surface area contributed by atoms with Crippen LogP contribution in [0, 0.1) is 0 Å². The highest BCUT2D eigenvalue weighted by molar-refractivity contribution is 14.0. The van der Waals surface area contributed by atoms with E-state index in [0.717, 1.165) is 57.0 Å². The third kappa shape index (κ3) is 11.5. The minimum atomic E-state index is -3.15. The minimum absolute atomic E-state index is 0. The summed E-state index contributed by atoms with van der Waals surface area (Å²) in [5.41, 5.74) is 2.28. The number of rotatable bonds is 12.